The zero-order valence-electron chi connectivity index (χ0n) is 16.1. The number of para-hydroxylation sites is 2. The standard InChI is InChI=1S/C21H26N2O4/c1-4-23-14-18(27-20-8-6-5-7-19(20)23)13-22(2)21(24)15-26-17-11-9-16(25-3)10-12-17/h5-12,18H,4,13-15H2,1-3H3/t18-/m0/s1. The second kappa shape index (κ2) is 8.66. The van der Waals surface area contributed by atoms with Crippen molar-refractivity contribution in [3.63, 3.8) is 0 Å². The van der Waals surface area contributed by atoms with Crippen LogP contribution < -0.4 is 19.1 Å². The van der Waals surface area contributed by atoms with Crippen LogP contribution in [0.25, 0.3) is 0 Å². The molecule has 6 nitrogen and oxygen atoms in total. The molecule has 144 valence electrons. The largest absolute Gasteiger partial charge is 0.497 e. The van der Waals surface area contributed by atoms with Crippen molar-refractivity contribution in [3.8, 4) is 17.2 Å². The molecule has 1 atom stereocenters. The lowest BCUT2D eigenvalue weighted by molar-refractivity contribution is -0.133. The van der Waals surface area contributed by atoms with Crippen LogP contribution in [0.4, 0.5) is 5.69 Å². The number of rotatable bonds is 7. The van der Waals surface area contributed by atoms with Crippen LogP contribution in [0.3, 0.4) is 0 Å². The van der Waals surface area contributed by atoms with Gasteiger partial charge in [0.25, 0.3) is 5.91 Å². The van der Waals surface area contributed by atoms with E-state index in [-0.39, 0.29) is 18.6 Å². The first kappa shape index (κ1) is 18.9. The van der Waals surface area contributed by atoms with E-state index in [1.807, 2.05) is 18.2 Å². The van der Waals surface area contributed by atoms with E-state index in [0.29, 0.717) is 12.3 Å². The van der Waals surface area contributed by atoms with Crippen molar-refractivity contribution in [2.75, 3.05) is 45.3 Å². The molecule has 27 heavy (non-hydrogen) atoms. The summed E-state index contributed by atoms with van der Waals surface area (Å²) in [6, 6.07) is 15.2. The molecule has 0 spiro atoms. The lowest BCUT2D eigenvalue weighted by Gasteiger charge is -2.37. The number of benzene rings is 2. The molecule has 1 aliphatic rings. The van der Waals surface area contributed by atoms with Gasteiger partial charge in [0.1, 0.15) is 23.4 Å². The Labute approximate surface area is 160 Å². The van der Waals surface area contributed by atoms with Crippen molar-refractivity contribution in [2.45, 2.75) is 13.0 Å². The predicted molar refractivity (Wildman–Crippen MR) is 105 cm³/mol. The van der Waals surface area contributed by atoms with E-state index in [2.05, 4.69) is 17.9 Å². The van der Waals surface area contributed by atoms with Gasteiger partial charge in [0.05, 0.1) is 25.9 Å². The maximum absolute atomic E-state index is 12.4. The molecule has 1 aliphatic heterocycles. The van der Waals surface area contributed by atoms with Crippen LogP contribution >= 0.6 is 0 Å². The van der Waals surface area contributed by atoms with Crippen LogP contribution in [-0.4, -0.2) is 57.3 Å². The van der Waals surface area contributed by atoms with Crippen LogP contribution in [0, 0.1) is 0 Å². The first-order chi connectivity index (χ1) is 13.1. The molecule has 0 saturated heterocycles. The molecule has 3 rings (SSSR count). The van der Waals surface area contributed by atoms with Crippen molar-refractivity contribution in [1.82, 2.24) is 4.90 Å². The van der Waals surface area contributed by atoms with Crippen molar-refractivity contribution in [2.24, 2.45) is 0 Å². The average Bonchev–Trinajstić information content (AvgIpc) is 2.71. The van der Waals surface area contributed by atoms with Crippen molar-refractivity contribution < 1.29 is 19.0 Å². The molecule has 0 fully saturated rings. The maximum Gasteiger partial charge on any atom is 0.260 e. The first-order valence-electron chi connectivity index (χ1n) is 9.12. The molecule has 0 radical (unpaired) electrons. The second-order valence-electron chi connectivity index (χ2n) is 6.48. The number of likely N-dealkylation sites (N-methyl/N-ethyl adjacent to an activating group) is 2. The SMILES string of the molecule is CCN1C[C@H](CN(C)C(=O)COc2ccc(OC)cc2)Oc2ccccc21. The molecule has 1 heterocycles. The number of amides is 1. The molecule has 2 aromatic carbocycles. The summed E-state index contributed by atoms with van der Waals surface area (Å²) in [5, 5.41) is 0. The van der Waals surface area contributed by atoms with Gasteiger partial charge < -0.3 is 24.0 Å². The van der Waals surface area contributed by atoms with Gasteiger partial charge in [0, 0.05) is 13.6 Å². The van der Waals surface area contributed by atoms with Gasteiger partial charge in [-0.15, -0.1) is 0 Å². The van der Waals surface area contributed by atoms with E-state index in [4.69, 9.17) is 14.2 Å². The van der Waals surface area contributed by atoms with E-state index >= 15 is 0 Å². The number of methoxy groups -OCH3 is 1. The Balaban J connectivity index is 1.53. The topological polar surface area (TPSA) is 51.2 Å². The number of hydrogen-bond donors (Lipinski definition) is 0. The van der Waals surface area contributed by atoms with E-state index in [1.165, 1.54) is 0 Å². The molecule has 1 amide bonds. The minimum atomic E-state index is -0.0867. The fourth-order valence-corrected chi connectivity index (χ4v) is 3.11. The van der Waals surface area contributed by atoms with Gasteiger partial charge in [-0.25, -0.2) is 0 Å². The van der Waals surface area contributed by atoms with E-state index in [1.54, 1.807) is 43.3 Å². The van der Waals surface area contributed by atoms with Crippen LogP contribution in [0.1, 0.15) is 6.92 Å². The molecule has 0 bridgehead atoms. The number of carbonyl (C=O) groups excluding carboxylic acids is 1. The van der Waals surface area contributed by atoms with Crippen molar-refractivity contribution in [3.05, 3.63) is 48.5 Å². The number of carbonyl (C=O) groups is 1. The summed E-state index contributed by atoms with van der Waals surface area (Å²) in [7, 11) is 3.39. The van der Waals surface area contributed by atoms with Gasteiger partial charge in [-0.3, -0.25) is 4.79 Å². The molecular formula is C21H26N2O4. The van der Waals surface area contributed by atoms with Crippen molar-refractivity contribution >= 4 is 11.6 Å². The Bertz CT molecular complexity index is 763. The average molecular weight is 370 g/mol. The molecule has 0 unspecified atom stereocenters. The highest BCUT2D eigenvalue weighted by molar-refractivity contribution is 5.77. The third-order valence-corrected chi connectivity index (χ3v) is 4.63. The monoisotopic (exact) mass is 370 g/mol. The molecule has 2 aromatic rings. The quantitative estimate of drug-likeness (QED) is 0.750. The van der Waals surface area contributed by atoms with E-state index < -0.39 is 0 Å². The molecule has 0 aliphatic carbocycles. The molecule has 0 N–H and O–H groups in total. The molecule has 6 heteroatoms. The highest BCUT2D eigenvalue weighted by Crippen LogP contribution is 2.32. The third-order valence-electron chi connectivity index (χ3n) is 4.63. The fourth-order valence-electron chi connectivity index (χ4n) is 3.11. The summed E-state index contributed by atoms with van der Waals surface area (Å²) < 4.78 is 16.8. The lowest BCUT2D eigenvalue weighted by atomic mass is 10.2. The van der Waals surface area contributed by atoms with Gasteiger partial charge in [0.15, 0.2) is 6.61 Å². The fraction of sp³-hybridized carbons (Fsp3) is 0.381. The van der Waals surface area contributed by atoms with Gasteiger partial charge in [0.2, 0.25) is 0 Å². The summed E-state index contributed by atoms with van der Waals surface area (Å²) in [4.78, 5) is 16.4. The number of fused-ring (bicyclic) bond motifs is 1. The summed E-state index contributed by atoms with van der Waals surface area (Å²) in [6.45, 7) is 4.27. The van der Waals surface area contributed by atoms with Crippen LogP contribution in [0.5, 0.6) is 17.2 Å². The highest BCUT2D eigenvalue weighted by Gasteiger charge is 2.26. The van der Waals surface area contributed by atoms with E-state index in [0.717, 1.165) is 30.3 Å². The smallest absolute Gasteiger partial charge is 0.260 e. The second-order valence-corrected chi connectivity index (χ2v) is 6.48. The Kier molecular flexibility index (Phi) is 6.06. The normalized spacial score (nSPS) is 15.5. The predicted octanol–water partition coefficient (Wildman–Crippen LogP) is 2.82. The Morgan fingerprint density at radius 2 is 1.89 bits per heavy atom. The zero-order valence-corrected chi connectivity index (χ0v) is 16.1. The Morgan fingerprint density at radius 3 is 2.59 bits per heavy atom. The number of hydrogen-bond acceptors (Lipinski definition) is 5. The van der Waals surface area contributed by atoms with Crippen LogP contribution in [0.2, 0.25) is 0 Å². The number of ether oxygens (including phenoxy) is 3. The zero-order chi connectivity index (χ0) is 19.2. The van der Waals surface area contributed by atoms with Crippen LogP contribution in [-0.2, 0) is 4.79 Å². The van der Waals surface area contributed by atoms with Gasteiger partial charge in [-0.2, -0.15) is 0 Å². The number of anilines is 1. The van der Waals surface area contributed by atoms with Gasteiger partial charge in [-0.1, -0.05) is 12.1 Å². The van der Waals surface area contributed by atoms with E-state index in [9.17, 15) is 4.79 Å². The minimum absolute atomic E-state index is 0.0103. The van der Waals surface area contributed by atoms with Crippen molar-refractivity contribution in [1.29, 1.82) is 0 Å². The molecule has 0 aromatic heterocycles. The summed E-state index contributed by atoms with van der Waals surface area (Å²) in [6.07, 6.45) is -0.0743. The summed E-state index contributed by atoms with van der Waals surface area (Å²) in [5.74, 6) is 2.17. The third kappa shape index (κ3) is 4.64. The minimum Gasteiger partial charge on any atom is -0.497 e. The lowest BCUT2D eigenvalue weighted by Crippen LogP contribution is -2.47. The summed E-state index contributed by atoms with van der Waals surface area (Å²) in [5.41, 5.74) is 1.10. The van der Waals surface area contributed by atoms with Gasteiger partial charge in [-0.05, 0) is 43.3 Å². The molecular weight excluding hydrogens is 344 g/mol. The van der Waals surface area contributed by atoms with Gasteiger partial charge >= 0.3 is 0 Å². The Morgan fingerprint density at radius 1 is 1.19 bits per heavy atom. The first-order valence-corrected chi connectivity index (χ1v) is 9.12. The molecule has 0 saturated carbocycles. The van der Waals surface area contributed by atoms with Crippen LogP contribution in [0.15, 0.2) is 48.5 Å². The highest BCUT2D eigenvalue weighted by atomic mass is 16.5. The maximum atomic E-state index is 12.4. The number of nitrogens with zero attached hydrogens (tertiary/aromatic N) is 2. The Hall–Kier alpha value is -2.89. The summed E-state index contributed by atoms with van der Waals surface area (Å²) >= 11 is 0.